The number of rotatable bonds is 7. The molecule has 2 aliphatic heterocycles. The van der Waals surface area contributed by atoms with Crippen LogP contribution in [0, 0.1) is 0 Å². The predicted octanol–water partition coefficient (Wildman–Crippen LogP) is -1.33. The SMILES string of the molecule is O=C(O)C1=C(/C=C/C[n+]2ccc(NC(=O)c3ccc(C(=O)[O-])cc3)cc2)CS[C@@H]2C/C(=C/O)N12.[Na+]. The van der Waals surface area contributed by atoms with Gasteiger partial charge in [0.1, 0.15) is 5.70 Å². The summed E-state index contributed by atoms with van der Waals surface area (Å²) in [6.07, 6.45) is 8.82. The van der Waals surface area contributed by atoms with Gasteiger partial charge in [0.05, 0.1) is 29.0 Å². The summed E-state index contributed by atoms with van der Waals surface area (Å²) < 4.78 is 1.86. The summed E-state index contributed by atoms with van der Waals surface area (Å²) in [5.74, 6) is -2.11. The van der Waals surface area contributed by atoms with Gasteiger partial charge in [-0.15, -0.1) is 11.8 Å². The summed E-state index contributed by atoms with van der Waals surface area (Å²) in [6, 6.07) is 8.91. The van der Waals surface area contributed by atoms with Crippen molar-refractivity contribution in [1.82, 2.24) is 4.90 Å². The number of pyridine rings is 1. The minimum absolute atomic E-state index is 0. The monoisotopic (exact) mass is 502 g/mol. The fraction of sp³-hybridized carbons (Fsp3) is 0.167. The first-order chi connectivity index (χ1) is 16.4. The Labute approximate surface area is 227 Å². The van der Waals surface area contributed by atoms with E-state index in [1.54, 1.807) is 47.3 Å². The van der Waals surface area contributed by atoms with Gasteiger partial charge in [-0.25, -0.2) is 9.36 Å². The largest absolute Gasteiger partial charge is 1.00 e. The summed E-state index contributed by atoms with van der Waals surface area (Å²) in [5.41, 5.74) is 2.37. The van der Waals surface area contributed by atoms with E-state index < -0.39 is 11.9 Å². The number of thioether (sulfide) groups is 1. The molecule has 0 bridgehead atoms. The number of aliphatic hydroxyl groups excluding tert-OH is 1. The zero-order valence-corrected chi connectivity index (χ0v) is 21.7. The third-order valence-corrected chi connectivity index (χ3v) is 6.72. The van der Waals surface area contributed by atoms with Gasteiger partial charge in [0.15, 0.2) is 18.9 Å². The number of fused-ring (bicyclic) bond motifs is 1. The maximum Gasteiger partial charge on any atom is 1.00 e. The van der Waals surface area contributed by atoms with Gasteiger partial charge in [0, 0.05) is 29.9 Å². The second-order valence-electron chi connectivity index (χ2n) is 7.64. The third kappa shape index (κ3) is 5.96. The van der Waals surface area contributed by atoms with Crippen LogP contribution in [-0.2, 0) is 11.3 Å². The molecule has 1 saturated heterocycles. The number of nitrogens with zero attached hydrogens (tertiary/aromatic N) is 2. The van der Waals surface area contributed by atoms with Gasteiger partial charge in [-0.05, 0) is 29.3 Å². The van der Waals surface area contributed by atoms with Crippen LogP contribution >= 0.6 is 11.8 Å². The standard InChI is InChI=1S/C24H21N3O6S.Na/c28-13-19-12-20-27(19)21(24(32)33)17(14-34-20)2-1-9-26-10-7-18(8-11-26)25-22(29)15-3-5-16(6-4-15)23(30)31;/h1-8,10-11,13,20H,9,12,14H2,(H3,28,30,31,32,33);/q;+1/b2-1+,19-13-;/t20-;/m1./s1. The Kier molecular flexibility index (Phi) is 8.79. The molecule has 0 saturated carbocycles. The van der Waals surface area contributed by atoms with E-state index in [2.05, 4.69) is 5.32 Å². The van der Waals surface area contributed by atoms with Crippen LogP contribution in [0.3, 0.4) is 0 Å². The normalized spacial score (nSPS) is 18.0. The van der Waals surface area contributed by atoms with Crippen LogP contribution in [0.1, 0.15) is 27.1 Å². The molecule has 1 amide bonds. The van der Waals surface area contributed by atoms with Gasteiger partial charge in [-0.3, -0.25) is 4.79 Å². The van der Waals surface area contributed by atoms with Crippen molar-refractivity contribution in [3.8, 4) is 0 Å². The molecular weight excluding hydrogens is 481 g/mol. The molecule has 0 spiro atoms. The van der Waals surface area contributed by atoms with E-state index in [0.717, 1.165) is 6.26 Å². The molecule has 174 valence electrons. The van der Waals surface area contributed by atoms with Crippen molar-refractivity contribution in [2.75, 3.05) is 11.1 Å². The fourth-order valence-corrected chi connectivity index (χ4v) is 4.98. The maximum absolute atomic E-state index is 12.3. The molecule has 2 aliphatic rings. The molecule has 1 atom stereocenters. The molecule has 4 rings (SSSR count). The minimum atomic E-state index is -1.30. The van der Waals surface area contributed by atoms with E-state index in [1.807, 2.05) is 10.6 Å². The van der Waals surface area contributed by atoms with Crippen LogP contribution in [0.2, 0.25) is 0 Å². The summed E-state index contributed by atoms with van der Waals surface area (Å²) in [7, 11) is 0. The van der Waals surface area contributed by atoms with E-state index in [4.69, 9.17) is 0 Å². The molecule has 3 heterocycles. The Morgan fingerprint density at radius 2 is 1.80 bits per heavy atom. The van der Waals surface area contributed by atoms with Crippen LogP contribution in [0.15, 0.2) is 84.2 Å². The van der Waals surface area contributed by atoms with Crippen LogP contribution in [-0.4, -0.2) is 44.1 Å². The summed E-state index contributed by atoms with van der Waals surface area (Å²) in [5, 5.41) is 32.6. The van der Waals surface area contributed by atoms with E-state index in [0.29, 0.717) is 41.2 Å². The van der Waals surface area contributed by atoms with Gasteiger partial charge in [-0.2, -0.15) is 0 Å². The molecular formula is C24H21N3NaO6S+. The zero-order chi connectivity index (χ0) is 24.2. The number of hydrogen-bond donors (Lipinski definition) is 3. The van der Waals surface area contributed by atoms with E-state index >= 15 is 0 Å². The Hall–Kier alpha value is -3.05. The second kappa shape index (κ2) is 11.6. The maximum atomic E-state index is 12.3. The van der Waals surface area contributed by atoms with Crippen LogP contribution in [0.4, 0.5) is 5.69 Å². The zero-order valence-electron chi connectivity index (χ0n) is 18.9. The van der Waals surface area contributed by atoms with Crippen molar-refractivity contribution in [3.63, 3.8) is 0 Å². The summed E-state index contributed by atoms with van der Waals surface area (Å²) in [6.45, 7) is 0.492. The van der Waals surface area contributed by atoms with Gasteiger partial charge in [0.25, 0.3) is 5.91 Å². The first-order valence-corrected chi connectivity index (χ1v) is 11.4. The number of aromatic carboxylic acids is 1. The molecule has 1 aromatic carbocycles. The number of carbonyl (C=O) groups is 3. The van der Waals surface area contributed by atoms with Crippen molar-refractivity contribution < 1.29 is 63.8 Å². The number of benzene rings is 1. The van der Waals surface area contributed by atoms with Crippen molar-refractivity contribution >= 4 is 35.3 Å². The summed E-state index contributed by atoms with van der Waals surface area (Å²) in [4.78, 5) is 36.6. The third-order valence-electron chi connectivity index (χ3n) is 5.48. The molecule has 35 heavy (non-hydrogen) atoms. The number of carboxylic acids is 2. The predicted molar refractivity (Wildman–Crippen MR) is 123 cm³/mol. The molecule has 0 aliphatic carbocycles. The molecule has 0 unspecified atom stereocenters. The van der Waals surface area contributed by atoms with Crippen molar-refractivity contribution in [2.45, 2.75) is 18.3 Å². The smallest absolute Gasteiger partial charge is 0.545 e. The molecule has 3 N–H and O–H groups in total. The van der Waals surface area contributed by atoms with Crippen LogP contribution in [0.25, 0.3) is 0 Å². The van der Waals surface area contributed by atoms with Crippen molar-refractivity contribution in [1.29, 1.82) is 0 Å². The van der Waals surface area contributed by atoms with Gasteiger partial charge in [-0.1, -0.05) is 18.2 Å². The number of hydrogen-bond acceptors (Lipinski definition) is 7. The van der Waals surface area contributed by atoms with Crippen molar-refractivity contribution in [3.05, 3.63) is 95.3 Å². The molecule has 2 aromatic rings. The fourth-order valence-electron chi connectivity index (χ4n) is 3.69. The van der Waals surface area contributed by atoms with Gasteiger partial charge < -0.3 is 30.3 Å². The Morgan fingerprint density at radius 1 is 1.14 bits per heavy atom. The quantitative estimate of drug-likeness (QED) is 0.241. The Bertz CT molecular complexity index is 1220. The van der Waals surface area contributed by atoms with Gasteiger partial charge >= 0.3 is 35.5 Å². The first kappa shape index (κ1) is 26.6. The molecule has 0 radical (unpaired) electrons. The number of amides is 1. The molecule has 11 heteroatoms. The Balaban J connectivity index is 0.00000342. The Morgan fingerprint density at radius 3 is 2.40 bits per heavy atom. The second-order valence-corrected chi connectivity index (χ2v) is 8.81. The van der Waals surface area contributed by atoms with E-state index in [-0.39, 0.29) is 52.1 Å². The van der Waals surface area contributed by atoms with Crippen LogP contribution < -0.4 is 44.5 Å². The average Bonchev–Trinajstić information content (AvgIpc) is 2.81. The van der Waals surface area contributed by atoms with E-state index in [9.17, 15) is 29.7 Å². The minimum Gasteiger partial charge on any atom is -0.545 e. The molecule has 1 aromatic heterocycles. The van der Waals surface area contributed by atoms with Crippen LogP contribution in [0.5, 0.6) is 0 Å². The van der Waals surface area contributed by atoms with Gasteiger partial charge in [0.2, 0.25) is 0 Å². The average molecular weight is 503 g/mol. The molecule has 9 nitrogen and oxygen atoms in total. The first-order valence-electron chi connectivity index (χ1n) is 10.4. The number of aliphatic carboxylic acids is 1. The molecule has 1 fully saturated rings. The number of allylic oxidation sites excluding steroid dienone is 2. The summed E-state index contributed by atoms with van der Waals surface area (Å²) >= 11 is 1.64. The van der Waals surface area contributed by atoms with E-state index in [1.165, 1.54) is 24.3 Å². The number of anilines is 1. The topological polar surface area (TPSA) is 134 Å². The number of aromatic nitrogens is 1. The number of aliphatic hydroxyl groups is 1. The number of carbonyl (C=O) groups excluding carboxylic acids is 2. The number of nitrogens with one attached hydrogen (secondary N) is 1. The number of carboxylic acid groups (broad SMARTS) is 2. The van der Waals surface area contributed by atoms with Crippen molar-refractivity contribution in [2.24, 2.45) is 0 Å².